The molecule has 2 aliphatic rings. The predicted molar refractivity (Wildman–Crippen MR) is 68.8 cm³/mol. The summed E-state index contributed by atoms with van der Waals surface area (Å²) in [6.45, 7) is 2.60. The SMILES string of the molecule is COC1=CC(=O)c2nc(N3CCOCC3)cnc2C1=O. The third-order valence-electron chi connectivity index (χ3n) is 3.25. The van der Waals surface area contributed by atoms with Crippen molar-refractivity contribution in [3.63, 3.8) is 0 Å². The number of rotatable bonds is 2. The summed E-state index contributed by atoms with van der Waals surface area (Å²) in [5, 5.41) is 0. The van der Waals surface area contributed by atoms with Gasteiger partial charge in [0.2, 0.25) is 11.6 Å². The van der Waals surface area contributed by atoms with Gasteiger partial charge in [-0.15, -0.1) is 0 Å². The summed E-state index contributed by atoms with van der Waals surface area (Å²) in [5.74, 6) is -0.194. The molecule has 0 amide bonds. The molecule has 1 aromatic rings. The first-order chi connectivity index (χ1) is 9.70. The standard InChI is InChI=1S/C13H13N3O4/c1-19-9-6-8(17)11-12(13(9)18)14-7-10(15-11)16-2-4-20-5-3-16/h6-7H,2-5H2,1H3. The molecule has 0 aromatic carbocycles. The minimum Gasteiger partial charge on any atom is -0.492 e. The molecular weight excluding hydrogens is 262 g/mol. The molecular formula is C13H13N3O4. The van der Waals surface area contributed by atoms with E-state index in [0.717, 1.165) is 6.08 Å². The lowest BCUT2D eigenvalue weighted by Gasteiger charge is -2.28. The van der Waals surface area contributed by atoms with E-state index in [2.05, 4.69) is 9.97 Å². The van der Waals surface area contributed by atoms with Crippen LogP contribution in [0.2, 0.25) is 0 Å². The number of morpholine rings is 1. The number of nitrogens with zero attached hydrogens (tertiary/aromatic N) is 3. The molecule has 0 bridgehead atoms. The van der Waals surface area contributed by atoms with Crippen LogP contribution in [0.3, 0.4) is 0 Å². The number of carbonyl (C=O) groups is 2. The van der Waals surface area contributed by atoms with Crippen LogP contribution in [0.5, 0.6) is 0 Å². The minimum atomic E-state index is -0.414. The van der Waals surface area contributed by atoms with Crippen LogP contribution in [0.1, 0.15) is 21.0 Å². The van der Waals surface area contributed by atoms with Gasteiger partial charge in [-0.25, -0.2) is 9.97 Å². The first kappa shape index (κ1) is 12.7. The fourth-order valence-corrected chi connectivity index (χ4v) is 2.18. The first-order valence-electron chi connectivity index (χ1n) is 6.25. The molecule has 0 unspecified atom stereocenters. The van der Waals surface area contributed by atoms with Gasteiger partial charge in [0.25, 0.3) is 0 Å². The molecule has 1 aromatic heterocycles. The molecule has 0 spiro atoms. The Bertz CT molecular complexity index is 606. The van der Waals surface area contributed by atoms with Gasteiger partial charge in [-0.1, -0.05) is 0 Å². The molecule has 1 aliphatic carbocycles. The minimum absolute atomic E-state index is 0.00378. The Hall–Kier alpha value is -2.28. The highest BCUT2D eigenvalue weighted by Crippen LogP contribution is 2.21. The summed E-state index contributed by atoms with van der Waals surface area (Å²) in [6.07, 6.45) is 2.66. The zero-order valence-electron chi connectivity index (χ0n) is 11.0. The Labute approximate surface area is 115 Å². The van der Waals surface area contributed by atoms with E-state index < -0.39 is 5.78 Å². The van der Waals surface area contributed by atoms with Crippen LogP contribution in [0, 0.1) is 0 Å². The number of methoxy groups -OCH3 is 1. The lowest BCUT2D eigenvalue weighted by atomic mass is 10.0. The molecule has 0 saturated carbocycles. The molecule has 7 nitrogen and oxygen atoms in total. The van der Waals surface area contributed by atoms with Crippen molar-refractivity contribution in [2.24, 2.45) is 0 Å². The van der Waals surface area contributed by atoms with Crippen molar-refractivity contribution in [2.45, 2.75) is 0 Å². The maximum atomic E-state index is 12.0. The smallest absolute Gasteiger partial charge is 0.248 e. The molecule has 20 heavy (non-hydrogen) atoms. The van der Waals surface area contributed by atoms with Crippen LogP contribution in [-0.2, 0) is 9.47 Å². The molecule has 1 fully saturated rings. The van der Waals surface area contributed by atoms with Gasteiger partial charge in [-0.3, -0.25) is 9.59 Å². The zero-order valence-corrected chi connectivity index (χ0v) is 11.0. The second kappa shape index (κ2) is 5.01. The van der Waals surface area contributed by atoms with Gasteiger partial charge in [0.1, 0.15) is 17.2 Å². The molecule has 104 valence electrons. The molecule has 2 heterocycles. The van der Waals surface area contributed by atoms with Gasteiger partial charge in [0, 0.05) is 19.2 Å². The van der Waals surface area contributed by atoms with Crippen LogP contribution in [0.15, 0.2) is 18.0 Å². The average Bonchev–Trinajstić information content (AvgIpc) is 2.51. The van der Waals surface area contributed by atoms with Crippen LogP contribution in [0.4, 0.5) is 5.82 Å². The summed E-state index contributed by atoms with van der Waals surface area (Å²) >= 11 is 0. The highest BCUT2D eigenvalue weighted by molar-refractivity contribution is 6.22. The van der Waals surface area contributed by atoms with Crippen molar-refractivity contribution in [1.82, 2.24) is 9.97 Å². The summed E-state index contributed by atoms with van der Waals surface area (Å²) in [6, 6.07) is 0. The van der Waals surface area contributed by atoms with E-state index in [0.29, 0.717) is 32.1 Å². The van der Waals surface area contributed by atoms with Crippen LogP contribution < -0.4 is 4.90 Å². The maximum Gasteiger partial charge on any atom is 0.248 e. The number of Topliss-reactive ketones (excluding diaryl/α,β-unsaturated/α-hetero) is 1. The quantitative estimate of drug-likeness (QED) is 0.763. The van der Waals surface area contributed by atoms with Gasteiger partial charge < -0.3 is 14.4 Å². The number of allylic oxidation sites excluding steroid dienone is 2. The molecule has 0 N–H and O–H groups in total. The Morgan fingerprint density at radius 3 is 2.70 bits per heavy atom. The molecule has 0 radical (unpaired) electrons. The Balaban J connectivity index is 1.97. The van der Waals surface area contributed by atoms with Gasteiger partial charge >= 0.3 is 0 Å². The van der Waals surface area contributed by atoms with E-state index in [1.54, 1.807) is 0 Å². The van der Waals surface area contributed by atoms with E-state index in [1.165, 1.54) is 13.3 Å². The zero-order chi connectivity index (χ0) is 14.1. The number of aromatic nitrogens is 2. The number of ether oxygens (including phenoxy) is 2. The van der Waals surface area contributed by atoms with Crippen molar-refractivity contribution < 1.29 is 19.1 Å². The lowest BCUT2D eigenvalue weighted by molar-refractivity contribution is 0.0909. The number of hydrogen-bond donors (Lipinski definition) is 0. The third kappa shape index (κ3) is 2.05. The van der Waals surface area contributed by atoms with E-state index in [9.17, 15) is 9.59 Å². The van der Waals surface area contributed by atoms with Crippen LogP contribution >= 0.6 is 0 Å². The third-order valence-corrected chi connectivity index (χ3v) is 3.25. The topological polar surface area (TPSA) is 81.6 Å². The fraction of sp³-hybridized carbons (Fsp3) is 0.385. The van der Waals surface area contributed by atoms with Crippen molar-refractivity contribution in [3.05, 3.63) is 29.4 Å². The molecule has 0 atom stereocenters. The molecule has 7 heteroatoms. The van der Waals surface area contributed by atoms with Crippen molar-refractivity contribution in [3.8, 4) is 0 Å². The molecule has 1 aliphatic heterocycles. The second-order valence-electron chi connectivity index (χ2n) is 4.43. The van der Waals surface area contributed by atoms with E-state index in [1.807, 2.05) is 4.90 Å². The Morgan fingerprint density at radius 2 is 2.00 bits per heavy atom. The fourth-order valence-electron chi connectivity index (χ4n) is 2.18. The maximum absolute atomic E-state index is 12.0. The van der Waals surface area contributed by atoms with Crippen LogP contribution in [0.25, 0.3) is 0 Å². The lowest BCUT2D eigenvalue weighted by Crippen LogP contribution is -2.37. The number of anilines is 1. The van der Waals surface area contributed by atoms with Crippen LogP contribution in [-0.4, -0.2) is 54.9 Å². The van der Waals surface area contributed by atoms with Gasteiger partial charge in [0.05, 0.1) is 26.5 Å². The van der Waals surface area contributed by atoms with E-state index in [-0.39, 0.29) is 22.9 Å². The number of carbonyl (C=O) groups excluding carboxylic acids is 2. The number of ketones is 2. The second-order valence-corrected chi connectivity index (χ2v) is 4.43. The summed E-state index contributed by atoms with van der Waals surface area (Å²) in [4.78, 5) is 34.3. The largest absolute Gasteiger partial charge is 0.492 e. The van der Waals surface area contributed by atoms with Crippen molar-refractivity contribution in [1.29, 1.82) is 0 Å². The van der Waals surface area contributed by atoms with E-state index >= 15 is 0 Å². The molecule has 3 rings (SSSR count). The van der Waals surface area contributed by atoms with Gasteiger partial charge in [-0.05, 0) is 0 Å². The highest BCUT2D eigenvalue weighted by atomic mass is 16.5. The molecule has 1 saturated heterocycles. The van der Waals surface area contributed by atoms with E-state index in [4.69, 9.17) is 9.47 Å². The van der Waals surface area contributed by atoms with Crippen molar-refractivity contribution >= 4 is 17.4 Å². The Kier molecular flexibility index (Phi) is 3.19. The van der Waals surface area contributed by atoms with Crippen molar-refractivity contribution in [2.75, 3.05) is 38.3 Å². The summed E-state index contributed by atoms with van der Waals surface area (Å²) < 4.78 is 10.1. The van der Waals surface area contributed by atoms with Gasteiger partial charge in [0.15, 0.2) is 5.76 Å². The van der Waals surface area contributed by atoms with Gasteiger partial charge in [-0.2, -0.15) is 0 Å². The summed E-state index contributed by atoms with van der Waals surface area (Å²) in [5.41, 5.74) is 0.131. The first-order valence-corrected chi connectivity index (χ1v) is 6.25. The summed E-state index contributed by atoms with van der Waals surface area (Å²) in [7, 11) is 1.34. The predicted octanol–water partition coefficient (Wildman–Crippen LogP) is 0.222. The normalized spacial score (nSPS) is 18.6. The highest BCUT2D eigenvalue weighted by Gasteiger charge is 2.30. The average molecular weight is 275 g/mol. The monoisotopic (exact) mass is 275 g/mol. The Morgan fingerprint density at radius 1 is 1.25 bits per heavy atom. The number of fused-ring (bicyclic) bond motifs is 1. The number of hydrogen-bond acceptors (Lipinski definition) is 7.